The molecule has 0 saturated carbocycles. The van der Waals surface area contributed by atoms with E-state index in [1.165, 1.54) is 22.4 Å². The average Bonchev–Trinajstić information content (AvgIpc) is 2.04. The topological polar surface area (TPSA) is 37.8 Å². The minimum Gasteiger partial charge on any atom is -0.339 e. The molecule has 1 heterocycles. The standard InChI is InChI=1S/C7H12N2OSSi/c10-6-2-3-8-7(11)9(6)4-1-5-12/h2-3H,1,4-5H2,12H3,(H,8,11). The van der Waals surface area contributed by atoms with Gasteiger partial charge in [0.15, 0.2) is 4.77 Å². The van der Waals surface area contributed by atoms with Gasteiger partial charge >= 0.3 is 0 Å². The maximum absolute atomic E-state index is 11.2. The lowest BCUT2D eigenvalue weighted by atomic mass is 10.4. The monoisotopic (exact) mass is 200 g/mol. The van der Waals surface area contributed by atoms with Crippen LogP contribution in [0.3, 0.4) is 0 Å². The van der Waals surface area contributed by atoms with E-state index in [0.717, 1.165) is 13.0 Å². The smallest absolute Gasteiger partial charge is 0.254 e. The Morgan fingerprint density at radius 2 is 2.42 bits per heavy atom. The Labute approximate surface area is 78.9 Å². The zero-order chi connectivity index (χ0) is 8.97. The first kappa shape index (κ1) is 9.41. The van der Waals surface area contributed by atoms with Crippen molar-refractivity contribution in [2.75, 3.05) is 0 Å². The SMILES string of the molecule is O=c1cc[nH]c(=S)n1CCC[SiH3]. The Morgan fingerprint density at radius 3 is 3.00 bits per heavy atom. The summed E-state index contributed by atoms with van der Waals surface area (Å²) in [5.41, 5.74) is -0.00568. The average molecular weight is 200 g/mol. The van der Waals surface area contributed by atoms with Gasteiger partial charge in [0.2, 0.25) is 0 Å². The summed E-state index contributed by atoms with van der Waals surface area (Å²) in [5.74, 6) is 0. The third-order valence-corrected chi connectivity index (χ3v) is 2.72. The second-order valence-electron chi connectivity index (χ2n) is 2.63. The van der Waals surface area contributed by atoms with E-state index in [9.17, 15) is 4.79 Å². The van der Waals surface area contributed by atoms with Crippen molar-refractivity contribution in [1.82, 2.24) is 9.55 Å². The number of nitrogens with zero attached hydrogens (tertiary/aromatic N) is 1. The number of hydrogen-bond acceptors (Lipinski definition) is 2. The molecule has 0 aliphatic heterocycles. The highest BCUT2D eigenvalue weighted by atomic mass is 32.1. The van der Waals surface area contributed by atoms with E-state index in [1.54, 1.807) is 10.8 Å². The third kappa shape index (κ3) is 2.15. The van der Waals surface area contributed by atoms with Gasteiger partial charge in [-0.25, -0.2) is 0 Å². The summed E-state index contributed by atoms with van der Waals surface area (Å²) >= 11 is 4.97. The van der Waals surface area contributed by atoms with Crippen molar-refractivity contribution in [2.24, 2.45) is 0 Å². The fourth-order valence-electron chi connectivity index (χ4n) is 0.980. The molecular formula is C7H12N2OSSi. The highest BCUT2D eigenvalue weighted by Crippen LogP contribution is 1.90. The molecule has 66 valence electrons. The molecule has 0 radical (unpaired) electrons. The Kier molecular flexibility index (Phi) is 3.42. The van der Waals surface area contributed by atoms with Crippen molar-refractivity contribution in [2.45, 2.75) is 19.0 Å². The van der Waals surface area contributed by atoms with Gasteiger partial charge in [0.1, 0.15) is 0 Å². The summed E-state index contributed by atoms with van der Waals surface area (Å²) in [6.45, 7) is 0.749. The largest absolute Gasteiger partial charge is 0.339 e. The predicted octanol–water partition coefficient (Wildman–Crippen LogP) is 0.0797. The van der Waals surface area contributed by atoms with Crippen LogP contribution in [0, 0.1) is 4.77 Å². The molecule has 12 heavy (non-hydrogen) atoms. The van der Waals surface area contributed by atoms with Crippen LogP contribution in [0.5, 0.6) is 0 Å². The zero-order valence-corrected chi connectivity index (χ0v) is 9.86. The molecule has 0 unspecified atom stereocenters. The summed E-state index contributed by atoms with van der Waals surface area (Å²) in [4.78, 5) is 14.1. The number of hydrogen-bond donors (Lipinski definition) is 1. The number of aromatic nitrogens is 2. The van der Waals surface area contributed by atoms with Crippen LogP contribution in [0.25, 0.3) is 0 Å². The highest BCUT2D eigenvalue weighted by molar-refractivity contribution is 7.71. The molecular weight excluding hydrogens is 188 g/mol. The first-order chi connectivity index (χ1) is 5.75. The Morgan fingerprint density at radius 1 is 1.67 bits per heavy atom. The molecule has 0 atom stereocenters. The summed E-state index contributed by atoms with van der Waals surface area (Å²) in [5, 5.41) is 0. The van der Waals surface area contributed by atoms with Crippen molar-refractivity contribution in [1.29, 1.82) is 0 Å². The van der Waals surface area contributed by atoms with Crippen LogP contribution in [0.15, 0.2) is 17.1 Å². The predicted molar refractivity (Wildman–Crippen MR) is 55.2 cm³/mol. The van der Waals surface area contributed by atoms with Crippen LogP contribution in [0.2, 0.25) is 6.04 Å². The first-order valence-electron chi connectivity index (χ1n) is 4.04. The molecule has 1 aromatic rings. The van der Waals surface area contributed by atoms with E-state index in [-0.39, 0.29) is 5.56 Å². The van der Waals surface area contributed by atoms with E-state index < -0.39 is 0 Å². The van der Waals surface area contributed by atoms with Crippen molar-refractivity contribution in [3.63, 3.8) is 0 Å². The molecule has 1 aromatic heterocycles. The zero-order valence-electron chi connectivity index (χ0n) is 7.04. The lowest BCUT2D eigenvalue weighted by molar-refractivity contribution is 0.630. The highest BCUT2D eigenvalue weighted by Gasteiger charge is 1.94. The molecule has 5 heteroatoms. The summed E-state index contributed by atoms with van der Waals surface area (Å²) in [7, 11) is 1.19. The van der Waals surface area contributed by atoms with E-state index in [2.05, 4.69) is 4.98 Å². The third-order valence-electron chi connectivity index (χ3n) is 1.68. The molecule has 1 rings (SSSR count). The minimum atomic E-state index is -0.00568. The summed E-state index contributed by atoms with van der Waals surface area (Å²) in [6, 6.07) is 2.71. The molecule has 3 nitrogen and oxygen atoms in total. The number of H-pyrrole nitrogens is 1. The molecule has 0 saturated heterocycles. The van der Waals surface area contributed by atoms with Crippen molar-refractivity contribution in [3.8, 4) is 0 Å². The number of aromatic amines is 1. The minimum absolute atomic E-state index is 0.00568. The lowest BCUT2D eigenvalue weighted by Crippen LogP contribution is -2.20. The van der Waals surface area contributed by atoms with Gasteiger partial charge in [0.25, 0.3) is 5.56 Å². The Balaban J connectivity index is 2.97. The quantitative estimate of drug-likeness (QED) is 0.554. The first-order valence-corrected chi connectivity index (χ1v) is 5.86. The van der Waals surface area contributed by atoms with Gasteiger partial charge in [-0.2, -0.15) is 0 Å². The van der Waals surface area contributed by atoms with E-state index in [0.29, 0.717) is 4.77 Å². The van der Waals surface area contributed by atoms with Crippen LogP contribution < -0.4 is 5.56 Å². The van der Waals surface area contributed by atoms with Crippen LogP contribution in [0.1, 0.15) is 6.42 Å². The van der Waals surface area contributed by atoms with Crippen molar-refractivity contribution >= 4 is 22.5 Å². The maximum atomic E-state index is 11.2. The summed E-state index contributed by atoms with van der Waals surface area (Å²) < 4.78 is 2.13. The Bertz CT molecular complexity index is 329. The van der Waals surface area contributed by atoms with Gasteiger partial charge in [0, 0.05) is 29.1 Å². The van der Waals surface area contributed by atoms with E-state index >= 15 is 0 Å². The van der Waals surface area contributed by atoms with Crippen molar-refractivity contribution in [3.05, 3.63) is 27.4 Å². The van der Waals surface area contributed by atoms with Crippen LogP contribution in [0.4, 0.5) is 0 Å². The summed E-state index contributed by atoms with van der Waals surface area (Å²) in [6.07, 6.45) is 2.63. The molecule has 0 aliphatic rings. The molecule has 0 amide bonds. The normalized spacial score (nSPS) is 10.3. The van der Waals surface area contributed by atoms with Crippen LogP contribution in [-0.2, 0) is 6.54 Å². The van der Waals surface area contributed by atoms with E-state index in [1.807, 2.05) is 0 Å². The fourth-order valence-corrected chi connectivity index (χ4v) is 1.55. The van der Waals surface area contributed by atoms with Crippen LogP contribution in [-0.4, -0.2) is 19.8 Å². The molecule has 0 fully saturated rings. The van der Waals surface area contributed by atoms with Crippen molar-refractivity contribution < 1.29 is 0 Å². The van der Waals surface area contributed by atoms with Gasteiger partial charge in [-0.3, -0.25) is 9.36 Å². The van der Waals surface area contributed by atoms with Gasteiger partial charge in [-0.1, -0.05) is 6.04 Å². The van der Waals surface area contributed by atoms with E-state index in [4.69, 9.17) is 12.2 Å². The fraction of sp³-hybridized carbons (Fsp3) is 0.429. The van der Waals surface area contributed by atoms with Gasteiger partial charge in [0.05, 0.1) is 0 Å². The van der Waals surface area contributed by atoms with Crippen LogP contribution >= 0.6 is 12.2 Å². The second kappa shape index (κ2) is 4.37. The molecule has 1 N–H and O–H groups in total. The molecule has 0 aliphatic carbocycles. The number of rotatable bonds is 3. The Hall–Kier alpha value is -0.683. The molecule has 0 aromatic carbocycles. The van der Waals surface area contributed by atoms with Gasteiger partial charge in [-0.05, 0) is 18.6 Å². The molecule has 0 bridgehead atoms. The lowest BCUT2D eigenvalue weighted by Gasteiger charge is -2.02. The van der Waals surface area contributed by atoms with Gasteiger partial charge < -0.3 is 4.98 Å². The number of nitrogens with one attached hydrogen (secondary N) is 1. The maximum Gasteiger partial charge on any atom is 0.254 e. The molecule has 0 spiro atoms. The van der Waals surface area contributed by atoms with Gasteiger partial charge in [-0.15, -0.1) is 0 Å². The second-order valence-corrected chi connectivity index (χ2v) is 4.01.